The molecule has 0 heterocycles. The van der Waals surface area contributed by atoms with Crippen LogP contribution in [0.5, 0.6) is 11.5 Å². The summed E-state index contributed by atoms with van der Waals surface area (Å²) in [7, 11) is -0.754. The van der Waals surface area contributed by atoms with Gasteiger partial charge in [0.15, 0.2) is 0 Å². The average molecular weight is 532 g/mol. The fourth-order valence-electron chi connectivity index (χ4n) is 4.46. The van der Waals surface area contributed by atoms with Gasteiger partial charge in [-0.05, 0) is 49.6 Å². The highest BCUT2D eigenvalue weighted by molar-refractivity contribution is 7.92. The van der Waals surface area contributed by atoms with Gasteiger partial charge in [-0.15, -0.1) is 0 Å². The second-order valence-electron chi connectivity index (χ2n) is 9.36. The molecule has 1 saturated carbocycles. The fourth-order valence-corrected chi connectivity index (χ4v) is 5.30. The highest BCUT2D eigenvalue weighted by Crippen LogP contribution is 2.24. The van der Waals surface area contributed by atoms with Gasteiger partial charge < -0.3 is 19.7 Å². The molecule has 0 radical (unpaired) electrons. The van der Waals surface area contributed by atoms with Crippen molar-refractivity contribution in [2.75, 3.05) is 31.3 Å². The average Bonchev–Trinajstić information content (AvgIpc) is 2.90. The first-order valence-corrected chi connectivity index (χ1v) is 14.3. The van der Waals surface area contributed by atoms with Crippen molar-refractivity contribution >= 4 is 27.5 Å². The van der Waals surface area contributed by atoms with Gasteiger partial charge in [-0.3, -0.25) is 13.9 Å². The molecule has 0 spiro atoms. The zero-order chi connectivity index (χ0) is 27.0. The van der Waals surface area contributed by atoms with E-state index in [9.17, 15) is 18.0 Å². The van der Waals surface area contributed by atoms with E-state index in [1.54, 1.807) is 50.4 Å². The monoisotopic (exact) mass is 531 g/mol. The Labute approximate surface area is 219 Å². The molecule has 202 valence electrons. The molecule has 37 heavy (non-hydrogen) atoms. The van der Waals surface area contributed by atoms with Gasteiger partial charge in [-0.2, -0.15) is 0 Å². The fraction of sp³-hybridized carbons (Fsp3) is 0.481. The van der Waals surface area contributed by atoms with Crippen LogP contribution in [-0.4, -0.2) is 64.2 Å². The molecule has 1 fully saturated rings. The van der Waals surface area contributed by atoms with Gasteiger partial charge in [0.2, 0.25) is 21.8 Å². The van der Waals surface area contributed by atoms with Crippen LogP contribution in [-0.2, 0) is 26.2 Å². The third kappa shape index (κ3) is 7.85. The van der Waals surface area contributed by atoms with Crippen molar-refractivity contribution in [2.45, 2.75) is 57.7 Å². The third-order valence-electron chi connectivity index (χ3n) is 6.65. The predicted molar refractivity (Wildman–Crippen MR) is 143 cm³/mol. The molecular formula is C27H37N3O6S. The lowest BCUT2D eigenvalue weighted by atomic mass is 9.95. The van der Waals surface area contributed by atoms with Crippen LogP contribution in [0.4, 0.5) is 5.69 Å². The lowest BCUT2D eigenvalue weighted by Crippen LogP contribution is -2.52. The van der Waals surface area contributed by atoms with Crippen molar-refractivity contribution in [3.63, 3.8) is 0 Å². The summed E-state index contributed by atoms with van der Waals surface area (Å²) in [6, 6.07) is 13.0. The molecule has 0 aliphatic heterocycles. The number of benzene rings is 2. The molecule has 0 aromatic heterocycles. The maximum atomic E-state index is 13.7. The third-order valence-corrected chi connectivity index (χ3v) is 7.79. The Morgan fingerprint density at radius 2 is 1.65 bits per heavy atom. The van der Waals surface area contributed by atoms with E-state index in [0.29, 0.717) is 17.2 Å². The predicted octanol–water partition coefficient (Wildman–Crippen LogP) is 3.34. The van der Waals surface area contributed by atoms with Crippen LogP contribution in [0.25, 0.3) is 0 Å². The summed E-state index contributed by atoms with van der Waals surface area (Å²) in [6.45, 7) is 1.36. The van der Waals surface area contributed by atoms with Gasteiger partial charge in [0.25, 0.3) is 0 Å². The number of ether oxygens (including phenoxy) is 2. The molecule has 0 unspecified atom stereocenters. The second kappa shape index (κ2) is 12.8. The van der Waals surface area contributed by atoms with E-state index < -0.39 is 28.5 Å². The van der Waals surface area contributed by atoms with Crippen LogP contribution < -0.4 is 19.1 Å². The Kier molecular flexibility index (Phi) is 9.79. The van der Waals surface area contributed by atoms with Gasteiger partial charge in [-0.25, -0.2) is 8.42 Å². The summed E-state index contributed by atoms with van der Waals surface area (Å²) in [5.41, 5.74) is 1.10. The summed E-state index contributed by atoms with van der Waals surface area (Å²) in [5.74, 6) is 0.399. The molecule has 0 saturated heterocycles. The smallest absolute Gasteiger partial charge is 0.244 e. The lowest BCUT2D eigenvalue weighted by Gasteiger charge is -2.33. The maximum Gasteiger partial charge on any atom is 0.244 e. The molecule has 0 bridgehead atoms. The van der Waals surface area contributed by atoms with Crippen molar-refractivity contribution in [1.29, 1.82) is 0 Å². The molecule has 3 rings (SSSR count). The number of carbonyl (C=O) groups excluding carboxylic acids is 2. The quantitative estimate of drug-likeness (QED) is 0.477. The first-order valence-electron chi connectivity index (χ1n) is 12.5. The number of sulfonamides is 1. The SMILES string of the molecule is COc1ccc(CN(C(=O)CN(c2cccc(OC)c2)S(C)(=O)=O)[C@H](C)C(=O)NC2CCCCC2)cc1. The maximum absolute atomic E-state index is 13.7. The molecule has 2 amide bonds. The highest BCUT2D eigenvalue weighted by atomic mass is 32.2. The summed E-state index contributed by atoms with van der Waals surface area (Å²) >= 11 is 0. The van der Waals surface area contributed by atoms with E-state index >= 15 is 0 Å². The van der Waals surface area contributed by atoms with Crippen molar-refractivity contribution in [2.24, 2.45) is 0 Å². The summed E-state index contributed by atoms with van der Waals surface area (Å²) in [4.78, 5) is 28.3. The van der Waals surface area contributed by atoms with Crippen molar-refractivity contribution in [3.05, 3.63) is 54.1 Å². The van der Waals surface area contributed by atoms with Crippen molar-refractivity contribution in [1.82, 2.24) is 10.2 Å². The minimum absolute atomic E-state index is 0.0888. The number of rotatable bonds is 11. The molecule has 2 aromatic carbocycles. The first-order chi connectivity index (χ1) is 17.6. The highest BCUT2D eigenvalue weighted by Gasteiger charge is 2.31. The molecule has 9 nitrogen and oxygen atoms in total. The Hall–Kier alpha value is -3.27. The number of hydrogen-bond acceptors (Lipinski definition) is 6. The topological polar surface area (TPSA) is 105 Å². The number of hydrogen-bond donors (Lipinski definition) is 1. The molecule has 10 heteroatoms. The molecule has 1 atom stereocenters. The van der Waals surface area contributed by atoms with E-state index in [2.05, 4.69) is 5.32 Å². The number of carbonyl (C=O) groups is 2. The first kappa shape index (κ1) is 28.3. The number of amides is 2. The van der Waals surface area contributed by atoms with Gasteiger partial charge in [0, 0.05) is 18.7 Å². The van der Waals surface area contributed by atoms with E-state index in [1.165, 1.54) is 12.0 Å². The summed E-state index contributed by atoms with van der Waals surface area (Å²) in [5, 5.41) is 3.09. The van der Waals surface area contributed by atoms with Crippen molar-refractivity contribution < 1.29 is 27.5 Å². The largest absolute Gasteiger partial charge is 0.497 e. The van der Waals surface area contributed by atoms with E-state index in [-0.39, 0.29) is 18.5 Å². The minimum atomic E-state index is -3.81. The summed E-state index contributed by atoms with van der Waals surface area (Å²) < 4.78 is 36.9. The zero-order valence-electron chi connectivity index (χ0n) is 22.0. The lowest BCUT2D eigenvalue weighted by molar-refractivity contribution is -0.139. The van der Waals surface area contributed by atoms with Crippen LogP contribution in [0.2, 0.25) is 0 Å². The van der Waals surface area contributed by atoms with Crippen LogP contribution in [0.3, 0.4) is 0 Å². The van der Waals surface area contributed by atoms with Crippen LogP contribution >= 0.6 is 0 Å². The van der Waals surface area contributed by atoms with Crippen LogP contribution in [0, 0.1) is 0 Å². The molecular weight excluding hydrogens is 494 g/mol. The van der Waals surface area contributed by atoms with Gasteiger partial charge in [-0.1, -0.05) is 37.5 Å². The van der Waals surface area contributed by atoms with Gasteiger partial charge in [0.05, 0.1) is 26.2 Å². The zero-order valence-corrected chi connectivity index (χ0v) is 22.8. The molecule has 1 aliphatic carbocycles. The Morgan fingerprint density at radius 3 is 2.24 bits per heavy atom. The Balaban J connectivity index is 1.87. The van der Waals surface area contributed by atoms with Crippen LogP contribution in [0.15, 0.2) is 48.5 Å². The molecule has 1 aliphatic rings. The summed E-state index contributed by atoms with van der Waals surface area (Å²) in [6.07, 6.45) is 6.18. The molecule has 2 aromatic rings. The minimum Gasteiger partial charge on any atom is -0.497 e. The number of methoxy groups -OCH3 is 2. The Morgan fingerprint density at radius 1 is 1.00 bits per heavy atom. The van der Waals surface area contributed by atoms with Gasteiger partial charge in [0.1, 0.15) is 24.1 Å². The standard InChI is InChI=1S/C27H37N3O6S/c1-20(27(32)28-22-9-6-5-7-10-22)29(18-21-13-15-24(35-2)16-14-21)26(31)19-30(37(4,33)34)23-11-8-12-25(17-23)36-3/h8,11-17,20,22H,5-7,9-10,18-19H2,1-4H3,(H,28,32)/t20-/m1/s1. The second-order valence-corrected chi connectivity index (χ2v) is 11.3. The normalized spacial score (nSPS) is 14.9. The van der Waals surface area contributed by atoms with E-state index in [1.807, 2.05) is 12.1 Å². The Bertz CT molecular complexity index is 1160. The van der Waals surface area contributed by atoms with Crippen molar-refractivity contribution in [3.8, 4) is 11.5 Å². The number of nitrogens with zero attached hydrogens (tertiary/aromatic N) is 2. The van der Waals surface area contributed by atoms with E-state index in [0.717, 1.165) is 48.2 Å². The molecule has 1 N–H and O–H groups in total. The van der Waals surface area contributed by atoms with Gasteiger partial charge >= 0.3 is 0 Å². The number of anilines is 1. The van der Waals surface area contributed by atoms with Crippen LogP contribution in [0.1, 0.15) is 44.6 Å². The van der Waals surface area contributed by atoms with E-state index in [4.69, 9.17) is 9.47 Å². The number of nitrogens with one attached hydrogen (secondary N) is 1.